The number of thiophene rings is 6. The molecule has 2 aromatic carbocycles. The lowest BCUT2D eigenvalue weighted by Gasteiger charge is -2.14. The van der Waals surface area contributed by atoms with Crippen LogP contribution in [0.2, 0.25) is 0 Å². The van der Waals surface area contributed by atoms with E-state index in [-0.39, 0.29) is 11.9 Å². The van der Waals surface area contributed by atoms with Crippen LogP contribution in [0.15, 0.2) is 109 Å². The highest BCUT2D eigenvalue weighted by molar-refractivity contribution is 7.30. The van der Waals surface area contributed by atoms with Gasteiger partial charge in [-0.3, -0.25) is 0 Å². The minimum atomic E-state index is -0.337. The molecule has 0 aliphatic heterocycles. The molecule has 0 amide bonds. The van der Waals surface area contributed by atoms with Gasteiger partial charge in [-0.15, -0.1) is 68.0 Å². The van der Waals surface area contributed by atoms with Crippen LogP contribution in [0.4, 0.5) is 0 Å². The zero-order valence-corrected chi connectivity index (χ0v) is 68.9. The molecule has 0 aliphatic carbocycles. The predicted molar refractivity (Wildman–Crippen MR) is 451 cm³/mol. The zero-order chi connectivity index (χ0) is 72.7. The van der Waals surface area contributed by atoms with Gasteiger partial charge in [0.15, 0.2) is 23.0 Å². The van der Waals surface area contributed by atoms with Crippen molar-refractivity contribution in [3.63, 3.8) is 0 Å². The van der Waals surface area contributed by atoms with E-state index < -0.39 is 0 Å². The van der Waals surface area contributed by atoms with E-state index in [1.54, 1.807) is 22.7 Å². The van der Waals surface area contributed by atoms with Crippen molar-refractivity contribution >= 4 is 80.0 Å². The van der Waals surface area contributed by atoms with Gasteiger partial charge in [-0.2, -0.15) is 0 Å². The van der Waals surface area contributed by atoms with Crippen LogP contribution in [-0.4, -0.2) is 51.6 Å². The lowest BCUT2D eigenvalue weighted by atomic mass is 10.1. The Labute approximate surface area is 651 Å². The summed E-state index contributed by atoms with van der Waals surface area (Å²) in [6, 6.07) is 37.8. The van der Waals surface area contributed by atoms with Gasteiger partial charge in [0.05, 0.1) is 50.8 Å². The van der Waals surface area contributed by atoms with Gasteiger partial charge in [0.1, 0.15) is 0 Å². The summed E-state index contributed by atoms with van der Waals surface area (Å²) in [5, 5.41) is 0. The van der Waals surface area contributed by atoms with Crippen LogP contribution in [0.5, 0.6) is 23.0 Å². The number of rotatable bonds is 61. The van der Waals surface area contributed by atoms with Crippen LogP contribution in [0.3, 0.4) is 0 Å². The van der Waals surface area contributed by atoms with E-state index in [9.17, 15) is 9.59 Å². The van der Waals surface area contributed by atoms with E-state index in [4.69, 9.17) is 28.4 Å². The van der Waals surface area contributed by atoms with Crippen molar-refractivity contribution in [2.45, 2.75) is 297 Å². The number of benzene rings is 2. The van der Waals surface area contributed by atoms with Crippen LogP contribution in [0, 0.1) is 0 Å². The van der Waals surface area contributed by atoms with Gasteiger partial charge in [0, 0.05) is 71.4 Å². The molecule has 8 nitrogen and oxygen atoms in total. The first kappa shape index (κ1) is 84.4. The summed E-state index contributed by atoms with van der Waals surface area (Å²) in [5.41, 5.74) is 0.987. The third-order valence-electron chi connectivity index (χ3n) is 19.5. The summed E-state index contributed by atoms with van der Waals surface area (Å²) < 4.78 is 37.1. The van der Waals surface area contributed by atoms with E-state index in [1.807, 2.05) is 81.7 Å². The summed E-state index contributed by atoms with van der Waals surface area (Å²) in [5.74, 6) is 2.02. The van der Waals surface area contributed by atoms with E-state index in [0.29, 0.717) is 86.6 Å². The number of esters is 2. The van der Waals surface area contributed by atoms with Crippen molar-refractivity contribution in [3.8, 4) is 71.8 Å². The highest BCUT2D eigenvalue weighted by atomic mass is 32.1. The Morgan fingerprint density at radius 3 is 0.692 bits per heavy atom. The number of ether oxygens (including phenoxy) is 6. The first-order valence-corrected chi connectivity index (χ1v) is 45.9. The first-order chi connectivity index (χ1) is 51.3. The van der Waals surface area contributed by atoms with Crippen molar-refractivity contribution in [3.05, 3.63) is 130 Å². The summed E-state index contributed by atoms with van der Waals surface area (Å²) >= 11 is 10.9. The van der Waals surface area contributed by atoms with Gasteiger partial charge in [-0.25, -0.2) is 9.59 Å². The molecule has 104 heavy (non-hydrogen) atoms. The molecule has 6 aromatic heterocycles. The second-order valence-corrected chi connectivity index (χ2v) is 35.1. The standard InChI is InChI=1S/C90H126O8S6/c1-5-9-13-17-21-25-29-33-37-41-63-93-75-49-45-71(69-77(75)95-65-43-39-35-31-27-23-19-15-11-7-3)89(91)97-67-61-73-47-51-79(99-73)81-53-55-83(101-81)85-57-59-87(103-85)88-60-58-86(104-88)84-56-54-82(102-84)80-52-48-74(100-80)62-68-98-90(92)72-46-50-76(94-64-42-38-34-30-26-22-18-14-10-6-2)78(70-72)96-66-44-40-36-32-28-24-20-16-12-8-4/h45-60,69-70H,5-44,61-68H2,1-4H3. The molecule has 0 atom stereocenters. The fourth-order valence-corrected chi connectivity index (χ4v) is 19.6. The average molecular weight is 1530 g/mol. The smallest absolute Gasteiger partial charge is 0.338 e. The molecular formula is C90H126O8S6. The van der Waals surface area contributed by atoms with Crippen LogP contribution in [0.1, 0.15) is 315 Å². The molecule has 6 heterocycles. The lowest BCUT2D eigenvalue weighted by Crippen LogP contribution is -2.09. The zero-order valence-electron chi connectivity index (χ0n) is 64.0. The Morgan fingerprint density at radius 2 is 0.442 bits per heavy atom. The molecule has 0 saturated carbocycles. The van der Waals surface area contributed by atoms with Crippen molar-refractivity contribution in [2.24, 2.45) is 0 Å². The van der Waals surface area contributed by atoms with E-state index in [0.717, 1.165) is 38.5 Å². The largest absolute Gasteiger partial charge is 0.490 e. The number of carbonyl (C=O) groups is 2. The molecule has 0 fully saturated rings. The van der Waals surface area contributed by atoms with Gasteiger partial charge in [0.2, 0.25) is 0 Å². The van der Waals surface area contributed by atoms with Gasteiger partial charge in [-0.1, -0.05) is 259 Å². The number of hydrogen-bond acceptors (Lipinski definition) is 14. The fraction of sp³-hybridized carbons (Fsp3) is 0.578. The Kier molecular flexibility index (Phi) is 42.2. The Hall–Kier alpha value is -5.22. The van der Waals surface area contributed by atoms with Gasteiger partial charge < -0.3 is 28.4 Å². The van der Waals surface area contributed by atoms with Gasteiger partial charge in [-0.05, 0) is 135 Å². The summed E-state index contributed by atoms with van der Waals surface area (Å²) in [6.07, 6.45) is 52.3. The molecule has 0 saturated heterocycles. The Bertz CT molecular complexity index is 3330. The molecule has 0 aliphatic rings. The highest BCUT2D eigenvalue weighted by Gasteiger charge is 2.19. The molecular weight excluding hydrogens is 1400 g/mol. The normalized spacial score (nSPS) is 11.5. The van der Waals surface area contributed by atoms with E-state index in [2.05, 4.69) is 100 Å². The fourth-order valence-electron chi connectivity index (χ4n) is 13.2. The molecule has 0 N–H and O–H groups in total. The maximum atomic E-state index is 13.5. The average Bonchev–Trinajstić information content (AvgIpc) is 1.50. The third kappa shape index (κ3) is 31.9. The number of carbonyl (C=O) groups excluding carboxylic acids is 2. The van der Waals surface area contributed by atoms with Crippen molar-refractivity contribution in [1.82, 2.24) is 0 Å². The first-order valence-electron chi connectivity index (χ1n) is 41.0. The van der Waals surface area contributed by atoms with Crippen LogP contribution < -0.4 is 18.9 Å². The highest BCUT2D eigenvalue weighted by Crippen LogP contribution is 2.46. The molecule has 14 heteroatoms. The monoisotopic (exact) mass is 1530 g/mol. The molecule has 570 valence electrons. The Morgan fingerprint density at radius 1 is 0.231 bits per heavy atom. The maximum absolute atomic E-state index is 13.5. The lowest BCUT2D eigenvalue weighted by molar-refractivity contribution is 0.0500. The SMILES string of the molecule is CCCCCCCCCCCCOc1ccc(C(=O)OCCc2ccc(-c3ccc(-c4ccc(-c5ccc(-c6ccc(-c7ccc(CCOC(=O)c8ccc(OCCCCCCCCCCCC)c(OCCCCCCCCCCCC)c8)s7)s6)s5)s4)s3)s2)cc1OCCCCCCCCCCCC. The minimum absolute atomic E-state index is 0.304. The molecule has 8 aromatic rings. The second-order valence-electron chi connectivity index (χ2n) is 28.4. The van der Waals surface area contributed by atoms with Crippen molar-refractivity contribution < 1.29 is 38.0 Å². The van der Waals surface area contributed by atoms with Crippen molar-refractivity contribution in [1.29, 1.82) is 0 Å². The topological polar surface area (TPSA) is 89.5 Å². The minimum Gasteiger partial charge on any atom is -0.490 e. The molecule has 0 bridgehead atoms. The summed E-state index contributed by atoms with van der Waals surface area (Å²) in [7, 11) is 0. The summed E-state index contributed by atoms with van der Waals surface area (Å²) in [4.78, 5) is 42.0. The predicted octanol–water partition coefficient (Wildman–Crippen LogP) is 30.4. The molecule has 0 radical (unpaired) electrons. The molecule has 8 rings (SSSR count). The van der Waals surface area contributed by atoms with Crippen LogP contribution in [-0.2, 0) is 22.3 Å². The van der Waals surface area contributed by atoms with E-state index in [1.165, 1.54) is 277 Å². The quantitative estimate of drug-likeness (QED) is 0.0275. The molecule has 0 spiro atoms. The van der Waals surface area contributed by atoms with Gasteiger partial charge in [0.25, 0.3) is 0 Å². The number of hydrogen-bond donors (Lipinski definition) is 0. The number of unbranched alkanes of at least 4 members (excludes halogenated alkanes) is 36. The third-order valence-corrected chi connectivity index (χ3v) is 27.1. The van der Waals surface area contributed by atoms with E-state index >= 15 is 0 Å². The van der Waals surface area contributed by atoms with Crippen LogP contribution >= 0.6 is 68.0 Å². The Balaban J connectivity index is 0.763. The molecule has 0 unspecified atom stereocenters. The second kappa shape index (κ2) is 51.9. The van der Waals surface area contributed by atoms with Crippen LogP contribution in [0.25, 0.3) is 48.8 Å². The maximum Gasteiger partial charge on any atom is 0.338 e. The van der Waals surface area contributed by atoms with Gasteiger partial charge >= 0.3 is 11.9 Å². The van der Waals surface area contributed by atoms with Crippen molar-refractivity contribution in [2.75, 3.05) is 39.6 Å². The summed E-state index contributed by atoms with van der Waals surface area (Å²) in [6.45, 7) is 12.2.